The molecule has 0 radical (unpaired) electrons. The van der Waals surface area contributed by atoms with E-state index in [1.807, 2.05) is 0 Å². The Morgan fingerprint density at radius 1 is 1.25 bits per heavy atom. The van der Waals surface area contributed by atoms with Gasteiger partial charge in [0.1, 0.15) is 0 Å². The number of fused-ring (bicyclic) bond motifs is 2. The molecule has 2 fully saturated rings. The number of rotatable bonds is 0. The van der Waals surface area contributed by atoms with Crippen LogP contribution in [-0.2, 0) is 0 Å². The minimum atomic E-state index is -0.177. The van der Waals surface area contributed by atoms with Crippen molar-refractivity contribution in [1.29, 1.82) is 0 Å². The summed E-state index contributed by atoms with van der Waals surface area (Å²) in [4.78, 5) is 0. The normalized spacial score (nSPS) is 56.2. The first-order valence-electron chi connectivity index (χ1n) is 4.69. The first-order valence-corrected chi connectivity index (χ1v) is 5.48. The van der Waals surface area contributed by atoms with Gasteiger partial charge in [-0.15, -0.1) is 0 Å². The van der Waals surface area contributed by atoms with Gasteiger partial charge in [-0.25, -0.2) is 0 Å². The van der Waals surface area contributed by atoms with Crippen molar-refractivity contribution in [2.45, 2.75) is 50.5 Å². The Labute approximate surface area is 82.7 Å². The van der Waals surface area contributed by atoms with Crippen molar-refractivity contribution in [3.8, 4) is 0 Å². The van der Waals surface area contributed by atoms with Gasteiger partial charge in [0, 0.05) is 0 Å². The van der Waals surface area contributed by atoms with E-state index in [-0.39, 0.29) is 15.8 Å². The van der Waals surface area contributed by atoms with Gasteiger partial charge in [-0.1, -0.05) is 36.7 Å². The molecule has 0 amide bonds. The van der Waals surface area contributed by atoms with Crippen LogP contribution in [0.2, 0.25) is 0 Å². The summed E-state index contributed by atoms with van der Waals surface area (Å²) < 4.78 is 0.0330. The molecule has 2 aliphatic rings. The summed E-state index contributed by atoms with van der Waals surface area (Å²) in [5, 5.41) is 10.1. The van der Waals surface area contributed by atoms with Crippen LogP contribution in [0.5, 0.6) is 0 Å². The fraction of sp³-hybridized carbons (Fsp3) is 1.00. The Morgan fingerprint density at radius 2 is 1.83 bits per heavy atom. The summed E-state index contributed by atoms with van der Waals surface area (Å²) in [6.07, 6.45) is 3.34. The topological polar surface area (TPSA) is 20.2 Å². The molecular formula is C10H17BrO. The molecule has 12 heavy (non-hydrogen) atoms. The SMILES string of the molecule is CC12CCC(Br)(C1)C(O)C2(C)C. The van der Waals surface area contributed by atoms with Gasteiger partial charge in [0.05, 0.1) is 10.4 Å². The molecule has 2 bridgehead atoms. The Morgan fingerprint density at radius 3 is 2.08 bits per heavy atom. The van der Waals surface area contributed by atoms with Crippen LogP contribution in [0, 0.1) is 10.8 Å². The van der Waals surface area contributed by atoms with Gasteiger partial charge in [0.2, 0.25) is 0 Å². The van der Waals surface area contributed by atoms with E-state index >= 15 is 0 Å². The monoisotopic (exact) mass is 232 g/mol. The van der Waals surface area contributed by atoms with E-state index in [9.17, 15) is 5.11 Å². The van der Waals surface area contributed by atoms with Crippen molar-refractivity contribution in [3.63, 3.8) is 0 Å². The maximum atomic E-state index is 10.1. The van der Waals surface area contributed by atoms with Gasteiger partial charge in [-0.3, -0.25) is 0 Å². The van der Waals surface area contributed by atoms with E-state index in [4.69, 9.17) is 0 Å². The molecule has 0 aromatic carbocycles. The minimum Gasteiger partial charge on any atom is -0.391 e. The van der Waals surface area contributed by atoms with Gasteiger partial charge >= 0.3 is 0 Å². The van der Waals surface area contributed by atoms with E-state index in [0.29, 0.717) is 5.41 Å². The highest BCUT2D eigenvalue weighted by atomic mass is 79.9. The van der Waals surface area contributed by atoms with Crippen LogP contribution >= 0.6 is 15.9 Å². The summed E-state index contributed by atoms with van der Waals surface area (Å²) in [7, 11) is 0. The van der Waals surface area contributed by atoms with Crippen LogP contribution in [0.3, 0.4) is 0 Å². The van der Waals surface area contributed by atoms with Crippen LogP contribution in [0.15, 0.2) is 0 Å². The van der Waals surface area contributed by atoms with Gasteiger partial charge in [0.25, 0.3) is 0 Å². The molecule has 0 aliphatic heterocycles. The van der Waals surface area contributed by atoms with Gasteiger partial charge in [-0.2, -0.15) is 0 Å². The lowest BCUT2D eigenvalue weighted by Crippen LogP contribution is -2.45. The molecule has 0 aromatic rings. The first-order chi connectivity index (χ1) is 5.32. The zero-order valence-corrected chi connectivity index (χ0v) is 9.61. The quantitative estimate of drug-likeness (QED) is 0.638. The molecule has 2 heteroatoms. The molecule has 3 unspecified atom stereocenters. The lowest BCUT2D eigenvalue weighted by molar-refractivity contribution is -0.0218. The molecule has 0 spiro atoms. The molecule has 3 atom stereocenters. The maximum Gasteiger partial charge on any atom is 0.0749 e. The molecule has 1 nitrogen and oxygen atoms in total. The zero-order valence-electron chi connectivity index (χ0n) is 8.02. The van der Waals surface area contributed by atoms with Crippen LogP contribution < -0.4 is 0 Å². The standard InChI is InChI=1S/C10H17BrO/c1-8(2)7(12)10(11)5-4-9(8,3)6-10/h7,12H,4-6H2,1-3H3. The van der Waals surface area contributed by atoms with Crippen LogP contribution in [-0.4, -0.2) is 15.5 Å². The predicted molar refractivity (Wildman–Crippen MR) is 53.4 cm³/mol. The predicted octanol–water partition coefficient (Wildman–Crippen LogP) is 2.71. The van der Waals surface area contributed by atoms with Crippen molar-refractivity contribution in [2.24, 2.45) is 10.8 Å². The number of aliphatic hydroxyl groups excluding tert-OH is 1. The van der Waals surface area contributed by atoms with Gasteiger partial charge < -0.3 is 5.11 Å². The average Bonchev–Trinajstić information content (AvgIpc) is 2.32. The Balaban J connectivity index is 2.44. The molecular weight excluding hydrogens is 216 g/mol. The molecule has 2 rings (SSSR count). The second kappa shape index (κ2) is 2.09. The molecule has 1 N–H and O–H groups in total. The molecule has 0 saturated heterocycles. The van der Waals surface area contributed by atoms with Crippen molar-refractivity contribution in [1.82, 2.24) is 0 Å². The maximum absolute atomic E-state index is 10.1. The van der Waals surface area contributed by atoms with E-state index < -0.39 is 0 Å². The van der Waals surface area contributed by atoms with Crippen molar-refractivity contribution < 1.29 is 5.11 Å². The lowest BCUT2D eigenvalue weighted by atomic mass is 9.65. The largest absolute Gasteiger partial charge is 0.391 e. The van der Waals surface area contributed by atoms with E-state index in [1.165, 1.54) is 6.42 Å². The van der Waals surface area contributed by atoms with Gasteiger partial charge in [0.15, 0.2) is 0 Å². The summed E-state index contributed by atoms with van der Waals surface area (Å²) >= 11 is 3.71. The summed E-state index contributed by atoms with van der Waals surface area (Å²) in [6, 6.07) is 0. The Kier molecular flexibility index (Phi) is 1.57. The van der Waals surface area contributed by atoms with E-state index in [1.54, 1.807) is 0 Å². The fourth-order valence-corrected chi connectivity index (χ4v) is 4.46. The zero-order chi connectivity index (χ0) is 9.20. The third-order valence-corrected chi connectivity index (χ3v) is 5.62. The van der Waals surface area contributed by atoms with Crippen LogP contribution in [0.25, 0.3) is 0 Å². The number of hydrogen-bond donors (Lipinski definition) is 1. The highest BCUT2D eigenvalue weighted by Crippen LogP contribution is 2.68. The number of alkyl halides is 1. The smallest absolute Gasteiger partial charge is 0.0749 e. The number of halogens is 1. The van der Waals surface area contributed by atoms with E-state index in [2.05, 4.69) is 36.7 Å². The summed E-state index contributed by atoms with van der Waals surface area (Å²) in [5.41, 5.74) is 0.421. The molecule has 70 valence electrons. The molecule has 2 aliphatic carbocycles. The van der Waals surface area contributed by atoms with E-state index in [0.717, 1.165) is 12.8 Å². The van der Waals surface area contributed by atoms with Crippen molar-refractivity contribution in [3.05, 3.63) is 0 Å². The highest BCUT2D eigenvalue weighted by Gasteiger charge is 2.66. The summed E-state index contributed by atoms with van der Waals surface area (Å²) in [6.45, 7) is 6.70. The van der Waals surface area contributed by atoms with Crippen LogP contribution in [0.1, 0.15) is 40.0 Å². The molecule has 0 heterocycles. The second-order valence-corrected chi connectivity index (χ2v) is 6.98. The fourth-order valence-electron chi connectivity index (χ4n) is 3.07. The number of hydrogen-bond acceptors (Lipinski definition) is 1. The van der Waals surface area contributed by atoms with Gasteiger partial charge in [-0.05, 0) is 30.1 Å². The highest BCUT2D eigenvalue weighted by molar-refractivity contribution is 9.10. The van der Waals surface area contributed by atoms with Crippen LogP contribution in [0.4, 0.5) is 0 Å². The third kappa shape index (κ3) is 0.784. The lowest BCUT2D eigenvalue weighted by Gasteiger charge is -2.43. The minimum absolute atomic E-state index is 0.0330. The van der Waals surface area contributed by atoms with Crippen molar-refractivity contribution in [2.75, 3.05) is 0 Å². The molecule has 0 aromatic heterocycles. The first kappa shape index (κ1) is 9.01. The summed E-state index contributed by atoms with van der Waals surface area (Å²) in [5.74, 6) is 0. The second-order valence-electron chi connectivity index (χ2n) is 5.40. The molecule has 2 saturated carbocycles. The average molecular weight is 233 g/mol. The van der Waals surface area contributed by atoms with Crippen molar-refractivity contribution >= 4 is 15.9 Å². The Hall–Kier alpha value is 0.440. The number of aliphatic hydroxyl groups is 1. The Bertz CT molecular complexity index is 223. The third-order valence-electron chi connectivity index (χ3n) is 4.51.